The molecule has 1 atom stereocenters. The molecule has 0 radical (unpaired) electrons. The van der Waals surface area contributed by atoms with Crippen molar-refractivity contribution in [3.8, 4) is 0 Å². The number of hydrogen-bond acceptors (Lipinski definition) is 4. The van der Waals surface area contributed by atoms with Gasteiger partial charge in [-0.1, -0.05) is 24.3 Å². The van der Waals surface area contributed by atoms with Crippen molar-refractivity contribution in [1.29, 1.82) is 0 Å². The van der Waals surface area contributed by atoms with Crippen LogP contribution >= 0.6 is 11.3 Å². The maximum Gasteiger partial charge on any atom is 0.258 e. The number of nitrogens with two attached hydrogens (primary N) is 1. The van der Waals surface area contributed by atoms with E-state index in [0.29, 0.717) is 11.3 Å². The first-order valence-electron chi connectivity index (χ1n) is 9.60. The fourth-order valence-corrected chi connectivity index (χ4v) is 5.19. The number of hydrogen-bond donors (Lipinski definition) is 1. The average molecular weight is 384 g/mol. The highest BCUT2D eigenvalue weighted by Gasteiger charge is 2.31. The summed E-state index contributed by atoms with van der Waals surface area (Å²) in [6.45, 7) is 3.73. The van der Waals surface area contributed by atoms with Crippen molar-refractivity contribution in [2.75, 3.05) is 13.1 Å². The zero-order valence-electron chi connectivity index (χ0n) is 15.4. The van der Waals surface area contributed by atoms with Crippen LogP contribution in [0.3, 0.4) is 0 Å². The van der Waals surface area contributed by atoms with Crippen molar-refractivity contribution in [2.45, 2.75) is 44.8 Å². The summed E-state index contributed by atoms with van der Waals surface area (Å²) < 4.78 is 0. The minimum Gasteiger partial charge on any atom is -0.365 e. The minimum atomic E-state index is -0.395. The Morgan fingerprint density at radius 1 is 1.11 bits per heavy atom. The lowest BCUT2D eigenvalue weighted by atomic mass is 10.1. The van der Waals surface area contributed by atoms with Crippen LogP contribution in [0.25, 0.3) is 0 Å². The topological polar surface area (TPSA) is 66.6 Å². The van der Waals surface area contributed by atoms with Crippen LogP contribution in [0, 0.1) is 0 Å². The van der Waals surface area contributed by atoms with Crippen LogP contribution in [0.15, 0.2) is 36.4 Å². The SMILES string of the molecule is NC(=O)c1ccc([C@@H]2CCCN2C(=O)CCCN2Cc3ccccc3C2)s1. The second-order valence-electron chi connectivity index (χ2n) is 7.39. The molecule has 2 amide bonds. The Morgan fingerprint density at radius 2 is 1.85 bits per heavy atom. The average Bonchev–Trinajstić information content (AvgIpc) is 3.38. The molecule has 1 fully saturated rings. The number of carbonyl (C=O) groups is 2. The van der Waals surface area contributed by atoms with Crippen molar-refractivity contribution in [2.24, 2.45) is 5.73 Å². The second kappa shape index (κ2) is 7.82. The summed E-state index contributed by atoms with van der Waals surface area (Å²) in [5.74, 6) is -0.169. The third kappa shape index (κ3) is 3.92. The quantitative estimate of drug-likeness (QED) is 0.832. The Hall–Kier alpha value is -2.18. The van der Waals surface area contributed by atoms with Gasteiger partial charge in [-0.05, 0) is 49.1 Å². The van der Waals surface area contributed by atoms with Gasteiger partial charge in [-0.15, -0.1) is 11.3 Å². The largest absolute Gasteiger partial charge is 0.365 e. The summed E-state index contributed by atoms with van der Waals surface area (Å²) in [6, 6.07) is 12.4. The summed E-state index contributed by atoms with van der Waals surface area (Å²) in [5.41, 5.74) is 8.18. The van der Waals surface area contributed by atoms with Crippen LogP contribution in [-0.4, -0.2) is 34.7 Å². The first kappa shape index (κ1) is 18.2. The van der Waals surface area contributed by atoms with Crippen LogP contribution in [0.2, 0.25) is 0 Å². The van der Waals surface area contributed by atoms with E-state index in [0.717, 1.165) is 50.3 Å². The number of nitrogens with zero attached hydrogens (tertiary/aromatic N) is 2. The second-order valence-corrected chi connectivity index (χ2v) is 8.51. The third-order valence-corrected chi connectivity index (χ3v) is 6.74. The lowest BCUT2D eigenvalue weighted by Gasteiger charge is -2.24. The molecule has 0 spiro atoms. The Bertz CT molecular complexity index is 822. The molecular weight excluding hydrogens is 358 g/mol. The maximum atomic E-state index is 12.8. The Morgan fingerprint density at radius 3 is 2.52 bits per heavy atom. The standard InChI is InChI=1S/C21H25N3O2S/c22-21(26)19-10-9-18(27-19)17-7-3-12-24(17)20(25)8-4-11-23-13-15-5-1-2-6-16(15)14-23/h1-2,5-6,9-10,17H,3-4,7-8,11-14H2,(H2,22,26)/t17-/m0/s1. The molecule has 2 aliphatic heterocycles. The van der Waals surface area contributed by atoms with Gasteiger partial charge in [0.15, 0.2) is 0 Å². The molecule has 2 aliphatic rings. The summed E-state index contributed by atoms with van der Waals surface area (Å²) in [6.07, 6.45) is 3.44. The van der Waals surface area contributed by atoms with Crippen LogP contribution < -0.4 is 5.73 Å². The number of thiophene rings is 1. The van der Waals surface area contributed by atoms with Gasteiger partial charge in [0.25, 0.3) is 5.91 Å². The molecule has 6 heteroatoms. The van der Waals surface area contributed by atoms with Gasteiger partial charge >= 0.3 is 0 Å². The molecule has 4 rings (SSSR count). The van der Waals surface area contributed by atoms with Gasteiger partial charge in [0.2, 0.25) is 5.91 Å². The van der Waals surface area contributed by atoms with Crippen molar-refractivity contribution >= 4 is 23.2 Å². The summed E-state index contributed by atoms with van der Waals surface area (Å²) in [5, 5.41) is 0. The molecule has 1 saturated heterocycles. The number of likely N-dealkylation sites (tertiary alicyclic amines) is 1. The predicted octanol–water partition coefficient (Wildman–Crippen LogP) is 3.31. The molecule has 5 nitrogen and oxygen atoms in total. The van der Waals surface area contributed by atoms with Gasteiger partial charge in [0.05, 0.1) is 10.9 Å². The van der Waals surface area contributed by atoms with E-state index in [1.165, 1.54) is 22.5 Å². The van der Waals surface area contributed by atoms with E-state index in [9.17, 15) is 9.59 Å². The van der Waals surface area contributed by atoms with E-state index >= 15 is 0 Å². The number of rotatable bonds is 6. The van der Waals surface area contributed by atoms with Gasteiger partial charge < -0.3 is 10.6 Å². The van der Waals surface area contributed by atoms with Gasteiger partial charge in [-0.25, -0.2) is 0 Å². The van der Waals surface area contributed by atoms with Crippen molar-refractivity contribution in [3.63, 3.8) is 0 Å². The number of primary amides is 1. The van der Waals surface area contributed by atoms with Gasteiger partial charge in [-0.3, -0.25) is 14.5 Å². The Balaban J connectivity index is 1.29. The zero-order valence-corrected chi connectivity index (χ0v) is 16.2. The first-order chi connectivity index (χ1) is 13.1. The molecule has 1 aromatic heterocycles. The van der Waals surface area contributed by atoms with Crippen LogP contribution in [0.1, 0.15) is 57.4 Å². The Labute approximate surface area is 163 Å². The van der Waals surface area contributed by atoms with E-state index in [-0.39, 0.29) is 11.9 Å². The highest BCUT2D eigenvalue weighted by Crippen LogP contribution is 2.36. The number of amides is 2. The molecule has 0 aliphatic carbocycles. The van der Waals surface area contributed by atoms with Crippen LogP contribution in [0.4, 0.5) is 0 Å². The lowest BCUT2D eigenvalue weighted by Crippen LogP contribution is -2.30. The fourth-order valence-electron chi connectivity index (χ4n) is 4.18. The van der Waals surface area contributed by atoms with Gasteiger partial charge in [-0.2, -0.15) is 0 Å². The van der Waals surface area contributed by atoms with Crippen molar-refractivity contribution in [3.05, 3.63) is 57.3 Å². The molecule has 0 unspecified atom stereocenters. The molecule has 1 aromatic carbocycles. The number of benzene rings is 1. The number of fused-ring (bicyclic) bond motifs is 1. The predicted molar refractivity (Wildman–Crippen MR) is 106 cm³/mol. The van der Waals surface area contributed by atoms with Gasteiger partial charge in [0, 0.05) is 30.9 Å². The van der Waals surface area contributed by atoms with Crippen LogP contribution in [-0.2, 0) is 17.9 Å². The van der Waals surface area contributed by atoms with Crippen LogP contribution in [0.5, 0.6) is 0 Å². The maximum absolute atomic E-state index is 12.8. The van der Waals surface area contributed by atoms with E-state index in [1.54, 1.807) is 6.07 Å². The summed E-state index contributed by atoms with van der Waals surface area (Å²) in [7, 11) is 0. The molecule has 0 bridgehead atoms. The smallest absolute Gasteiger partial charge is 0.258 e. The molecule has 0 saturated carbocycles. The van der Waals surface area contributed by atoms with Crippen molar-refractivity contribution in [1.82, 2.24) is 9.80 Å². The fraction of sp³-hybridized carbons (Fsp3) is 0.429. The molecule has 27 heavy (non-hydrogen) atoms. The number of carbonyl (C=O) groups excluding carboxylic acids is 2. The molecule has 142 valence electrons. The van der Waals surface area contributed by atoms with E-state index < -0.39 is 5.91 Å². The summed E-state index contributed by atoms with van der Waals surface area (Å²) in [4.78, 5) is 30.2. The van der Waals surface area contributed by atoms with E-state index in [4.69, 9.17) is 5.73 Å². The van der Waals surface area contributed by atoms with E-state index in [1.807, 2.05) is 11.0 Å². The zero-order chi connectivity index (χ0) is 18.8. The van der Waals surface area contributed by atoms with Gasteiger partial charge in [0.1, 0.15) is 0 Å². The third-order valence-electron chi connectivity index (χ3n) is 5.54. The Kier molecular flexibility index (Phi) is 5.27. The van der Waals surface area contributed by atoms with E-state index in [2.05, 4.69) is 29.2 Å². The molecule has 2 aromatic rings. The lowest BCUT2D eigenvalue weighted by molar-refractivity contribution is -0.132. The molecule has 2 N–H and O–H groups in total. The highest BCUT2D eigenvalue weighted by molar-refractivity contribution is 7.14. The molecular formula is C21H25N3O2S. The van der Waals surface area contributed by atoms with Crippen molar-refractivity contribution < 1.29 is 9.59 Å². The minimum absolute atomic E-state index is 0.103. The normalized spacial score (nSPS) is 19.4. The highest BCUT2D eigenvalue weighted by atomic mass is 32.1. The first-order valence-corrected chi connectivity index (χ1v) is 10.4. The summed E-state index contributed by atoms with van der Waals surface area (Å²) >= 11 is 1.42. The molecule has 3 heterocycles. The monoisotopic (exact) mass is 383 g/mol.